The Bertz CT molecular complexity index is 788. The Labute approximate surface area is 165 Å². The minimum Gasteiger partial charge on any atom is -0.473 e. The molecule has 1 amide bonds. The fourth-order valence-electron chi connectivity index (χ4n) is 2.84. The van der Waals surface area contributed by atoms with E-state index < -0.39 is 10.0 Å². The van der Waals surface area contributed by atoms with Gasteiger partial charge in [-0.15, -0.1) is 0 Å². The molecular formula is C18H27FN4O4S. The second kappa shape index (κ2) is 9.94. The third kappa shape index (κ3) is 5.73. The maximum absolute atomic E-state index is 12.8. The van der Waals surface area contributed by atoms with Gasteiger partial charge in [0.1, 0.15) is 11.5 Å². The van der Waals surface area contributed by atoms with Crippen molar-refractivity contribution in [2.45, 2.75) is 24.2 Å². The molecular weight excluding hydrogens is 387 g/mol. The smallest absolute Gasteiger partial charge is 0.244 e. The van der Waals surface area contributed by atoms with E-state index in [2.05, 4.69) is 4.98 Å². The van der Waals surface area contributed by atoms with E-state index in [4.69, 9.17) is 10.5 Å². The molecule has 0 bridgehead atoms. The number of aromatic nitrogens is 1. The molecule has 0 aliphatic carbocycles. The summed E-state index contributed by atoms with van der Waals surface area (Å²) in [6.07, 6.45) is 3.34. The van der Waals surface area contributed by atoms with Crippen molar-refractivity contribution in [1.82, 2.24) is 14.2 Å². The number of pyridine rings is 1. The molecule has 1 aliphatic heterocycles. The summed E-state index contributed by atoms with van der Waals surface area (Å²) >= 11 is 0. The molecule has 1 fully saturated rings. The molecule has 10 heteroatoms. The number of nitrogens with zero attached hydrogens (tertiary/aromatic N) is 3. The van der Waals surface area contributed by atoms with Crippen molar-refractivity contribution in [3.8, 4) is 5.88 Å². The fraction of sp³-hybridized carbons (Fsp3) is 0.556. The predicted molar refractivity (Wildman–Crippen MR) is 103 cm³/mol. The standard InChI is InChI=1S/C18H27FN4O4S/c1-22(2)18(24)9-14-5-7-23(8-6-14)28(25,26)16-3-4-17(21-12-16)27-13-15(10-19)11-20/h3-4,10,12,14H,5-9,11,13,20H2,1-2H3/b15-10+. The summed E-state index contributed by atoms with van der Waals surface area (Å²) in [5, 5.41) is 0. The summed E-state index contributed by atoms with van der Waals surface area (Å²) in [5.74, 6) is 0.435. The van der Waals surface area contributed by atoms with Crippen LogP contribution in [0.1, 0.15) is 19.3 Å². The lowest BCUT2D eigenvalue weighted by atomic mass is 9.94. The molecule has 0 saturated carbocycles. The number of carbonyl (C=O) groups is 1. The number of piperidine rings is 1. The van der Waals surface area contributed by atoms with E-state index in [-0.39, 0.29) is 41.3 Å². The average Bonchev–Trinajstić information content (AvgIpc) is 2.69. The minimum atomic E-state index is -3.66. The van der Waals surface area contributed by atoms with Crippen LogP contribution in [-0.4, -0.2) is 68.9 Å². The maximum atomic E-state index is 12.8. The molecule has 2 rings (SSSR count). The quantitative estimate of drug-likeness (QED) is 0.684. The van der Waals surface area contributed by atoms with Crippen LogP contribution >= 0.6 is 0 Å². The monoisotopic (exact) mass is 414 g/mol. The summed E-state index contributed by atoms with van der Waals surface area (Å²) in [6, 6.07) is 2.85. The van der Waals surface area contributed by atoms with Crippen LogP contribution in [0.5, 0.6) is 5.88 Å². The summed E-state index contributed by atoms with van der Waals surface area (Å²) in [6.45, 7) is 0.713. The highest BCUT2D eigenvalue weighted by atomic mass is 32.2. The van der Waals surface area contributed by atoms with E-state index in [1.165, 1.54) is 22.6 Å². The van der Waals surface area contributed by atoms with Gasteiger partial charge in [-0.3, -0.25) is 4.79 Å². The van der Waals surface area contributed by atoms with Gasteiger partial charge in [0.25, 0.3) is 0 Å². The Morgan fingerprint density at radius 3 is 2.57 bits per heavy atom. The van der Waals surface area contributed by atoms with Gasteiger partial charge in [-0.2, -0.15) is 4.31 Å². The SMILES string of the molecule is CN(C)C(=O)CC1CCN(S(=O)(=O)c2ccc(OC/C(=C/F)CN)nc2)CC1. The van der Waals surface area contributed by atoms with Crippen molar-refractivity contribution in [3.05, 3.63) is 30.2 Å². The summed E-state index contributed by atoms with van der Waals surface area (Å²) in [4.78, 5) is 17.4. The molecule has 1 aromatic rings. The third-order valence-electron chi connectivity index (χ3n) is 4.70. The second-order valence-corrected chi connectivity index (χ2v) is 8.87. The van der Waals surface area contributed by atoms with E-state index in [0.29, 0.717) is 38.7 Å². The van der Waals surface area contributed by atoms with Gasteiger partial charge in [0, 0.05) is 51.8 Å². The highest BCUT2D eigenvalue weighted by Crippen LogP contribution is 2.26. The van der Waals surface area contributed by atoms with Gasteiger partial charge < -0.3 is 15.4 Å². The van der Waals surface area contributed by atoms with Crippen molar-refractivity contribution in [3.63, 3.8) is 0 Å². The van der Waals surface area contributed by atoms with Crippen LogP contribution in [0.2, 0.25) is 0 Å². The van der Waals surface area contributed by atoms with Gasteiger partial charge in [-0.05, 0) is 24.8 Å². The molecule has 1 saturated heterocycles. The normalized spacial score (nSPS) is 16.8. The Morgan fingerprint density at radius 2 is 2.07 bits per heavy atom. The van der Waals surface area contributed by atoms with Gasteiger partial charge in [0.05, 0.1) is 12.5 Å². The van der Waals surface area contributed by atoms with E-state index >= 15 is 0 Å². The summed E-state index contributed by atoms with van der Waals surface area (Å²) in [5.41, 5.74) is 5.62. The third-order valence-corrected chi connectivity index (χ3v) is 6.59. The van der Waals surface area contributed by atoms with Crippen LogP contribution in [0, 0.1) is 5.92 Å². The molecule has 0 aromatic carbocycles. The number of amides is 1. The van der Waals surface area contributed by atoms with Crippen LogP contribution in [0.4, 0.5) is 4.39 Å². The Kier molecular flexibility index (Phi) is 7.90. The summed E-state index contributed by atoms with van der Waals surface area (Å²) in [7, 11) is -0.228. The van der Waals surface area contributed by atoms with E-state index in [1.54, 1.807) is 19.0 Å². The first-order chi connectivity index (χ1) is 13.3. The molecule has 1 aromatic heterocycles. The number of sulfonamides is 1. The Hall–Kier alpha value is -2.04. The predicted octanol–water partition coefficient (Wildman–Crippen LogP) is 1.15. The van der Waals surface area contributed by atoms with E-state index in [1.807, 2.05) is 0 Å². The van der Waals surface area contributed by atoms with E-state index in [0.717, 1.165) is 0 Å². The van der Waals surface area contributed by atoms with Gasteiger partial charge in [0.2, 0.25) is 21.8 Å². The highest BCUT2D eigenvalue weighted by Gasteiger charge is 2.30. The van der Waals surface area contributed by atoms with Crippen LogP contribution in [-0.2, 0) is 14.8 Å². The number of halogens is 1. The van der Waals surface area contributed by atoms with Crippen LogP contribution in [0.15, 0.2) is 35.1 Å². The number of hydrogen-bond donors (Lipinski definition) is 1. The molecule has 0 radical (unpaired) electrons. The topological polar surface area (TPSA) is 106 Å². The van der Waals surface area contributed by atoms with Gasteiger partial charge in [-0.25, -0.2) is 17.8 Å². The maximum Gasteiger partial charge on any atom is 0.244 e. The average molecular weight is 415 g/mol. The summed E-state index contributed by atoms with van der Waals surface area (Å²) < 4.78 is 44.8. The molecule has 0 spiro atoms. The number of hydrogen-bond acceptors (Lipinski definition) is 6. The second-order valence-electron chi connectivity index (χ2n) is 6.93. The number of carbonyl (C=O) groups excluding carboxylic acids is 1. The minimum absolute atomic E-state index is 0.0268. The number of nitrogens with two attached hydrogens (primary N) is 1. The van der Waals surface area contributed by atoms with Crippen LogP contribution in [0.3, 0.4) is 0 Å². The number of rotatable bonds is 8. The Balaban J connectivity index is 1.95. The van der Waals surface area contributed by atoms with Crippen molar-refractivity contribution in [2.24, 2.45) is 11.7 Å². The molecule has 0 atom stereocenters. The molecule has 0 unspecified atom stereocenters. The first-order valence-corrected chi connectivity index (χ1v) is 10.5. The Morgan fingerprint density at radius 1 is 1.39 bits per heavy atom. The van der Waals surface area contributed by atoms with Gasteiger partial charge in [-0.1, -0.05) is 0 Å². The van der Waals surface area contributed by atoms with Gasteiger partial charge in [0.15, 0.2) is 0 Å². The molecule has 1 aliphatic rings. The molecule has 28 heavy (non-hydrogen) atoms. The lowest BCUT2D eigenvalue weighted by Crippen LogP contribution is -2.39. The molecule has 2 N–H and O–H groups in total. The van der Waals surface area contributed by atoms with Crippen molar-refractivity contribution < 1.29 is 22.3 Å². The van der Waals surface area contributed by atoms with Crippen molar-refractivity contribution >= 4 is 15.9 Å². The number of ether oxygens (including phenoxy) is 1. The zero-order valence-corrected chi connectivity index (χ0v) is 17.0. The van der Waals surface area contributed by atoms with Gasteiger partial charge >= 0.3 is 0 Å². The zero-order valence-electron chi connectivity index (χ0n) is 16.2. The first kappa shape index (κ1) is 22.3. The van der Waals surface area contributed by atoms with Crippen LogP contribution in [0.25, 0.3) is 0 Å². The molecule has 2 heterocycles. The van der Waals surface area contributed by atoms with Crippen LogP contribution < -0.4 is 10.5 Å². The first-order valence-electron chi connectivity index (χ1n) is 9.05. The lowest BCUT2D eigenvalue weighted by molar-refractivity contribution is -0.129. The molecule has 156 valence electrons. The fourth-order valence-corrected chi connectivity index (χ4v) is 4.25. The van der Waals surface area contributed by atoms with Crippen molar-refractivity contribution in [2.75, 3.05) is 40.3 Å². The molecule has 8 nitrogen and oxygen atoms in total. The zero-order chi connectivity index (χ0) is 20.7. The van der Waals surface area contributed by atoms with E-state index in [9.17, 15) is 17.6 Å². The largest absolute Gasteiger partial charge is 0.473 e. The lowest BCUT2D eigenvalue weighted by Gasteiger charge is -2.31. The van der Waals surface area contributed by atoms with Crippen molar-refractivity contribution in [1.29, 1.82) is 0 Å². The highest BCUT2D eigenvalue weighted by molar-refractivity contribution is 7.89.